The summed E-state index contributed by atoms with van der Waals surface area (Å²) in [6, 6.07) is 8.58. The van der Waals surface area contributed by atoms with Gasteiger partial charge < -0.3 is 5.32 Å². The molecule has 0 amide bonds. The minimum absolute atomic E-state index is 0.746. The zero-order chi connectivity index (χ0) is 11.7. The van der Waals surface area contributed by atoms with E-state index in [0.717, 1.165) is 28.2 Å². The van der Waals surface area contributed by atoms with Crippen molar-refractivity contribution in [2.75, 3.05) is 0 Å². The number of hydrogen-bond acceptors (Lipinski definition) is 3. The molecule has 0 saturated heterocycles. The van der Waals surface area contributed by atoms with Crippen LogP contribution in [0.5, 0.6) is 0 Å². The molecule has 4 heteroatoms. The third-order valence-electron chi connectivity index (χ3n) is 2.79. The molecule has 1 fully saturated rings. The SMILES string of the molecule is Clc1ccc(-c2ncc(CNC3CC3)s2)cc1. The van der Waals surface area contributed by atoms with Crippen LogP contribution in [0.25, 0.3) is 10.6 Å². The van der Waals surface area contributed by atoms with Crippen LogP contribution >= 0.6 is 22.9 Å². The molecule has 3 rings (SSSR count). The fourth-order valence-electron chi connectivity index (χ4n) is 1.65. The van der Waals surface area contributed by atoms with Gasteiger partial charge in [0.1, 0.15) is 5.01 Å². The lowest BCUT2D eigenvalue weighted by molar-refractivity contribution is 0.694. The van der Waals surface area contributed by atoms with Gasteiger partial charge in [-0.15, -0.1) is 11.3 Å². The highest BCUT2D eigenvalue weighted by molar-refractivity contribution is 7.15. The predicted octanol–water partition coefficient (Wildman–Crippen LogP) is 3.72. The van der Waals surface area contributed by atoms with Gasteiger partial charge in [0.2, 0.25) is 0 Å². The number of benzene rings is 1. The highest BCUT2D eigenvalue weighted by Crippen LogP contribution is 2.27. The molecule has 0 spiro atoms. The van der Waals surface area contributed by atoms with E-state index in [1.807, 2.05) is 30.5 Å². The van der Waals surface area contributed by atoms with Crippen molar-refractivity contribution in [1.82, 2.24) is 10.3 Å². The first-order valence-corrected chi connectivity index (χ1v) is 6.95. The number of nitrogens with one attached hydrogen (secondary N) is 1. The highest BCUT2D eigenvalue weighted by atomic mass is 35.5. The van der Waals surface area contributed by atoms with Crippen LogP contribution in [0, 0.1) is 0 Å². The lowest BCUT2D eigenvalue weighted by Gasteiger charge is -1.97. The van der Waals surface area contributed by atoms with Crippen LogP contribution in [0.4, 0.5) is 0 Å². The van der Waals surface area contributed by atoms with Gasteiger partial charge in [0.15, 0.2) is 0 Å². The van der Waals surface area contributed by atoms with Crippen LogP contribution in [-0.2, 0) is 6.54 Å². The number of aromatic nitrogens is 1. The summed E-state index contributed by atoms with van der Waals surface area (Å²) in [5.74, 6) is 0. The van der Waals surface area contributed by atoms with Crippen molar-refractivity contribution in [3.8, 4) is 10.6 Å². The molecule has 1 aliphatic carbocycles. The van der Waals surface area contributed by atoms with E-state index in [0.29, 0.717) is 0 Å². The van der Waals surface area contributed by atoms with Crippen LogP contribution in [-0.4, -0.2) is 11.0 Å². The third-order valence-corrected chi connectivity index (χ3v) is 4.09. The zero-order valence-corrected chi connectivity index (χ0v) is 10.9. The summed E-state index contributed by atoms with van der Waals surface area (Å²) in [7, 11) is 0. The average molecular weight is 265 g/mol. The van der Waals surface area contributed by atoms with E-state index in [9.17, 15) is 0 Å². The first-order chi connectivity index (χ1) is 8.31. The number of nitrogens with zero attached hydrogens (tertiary/aromatic N) is 1. The van der Waals surface area contributed by atoms with Crippen molar-refractivity contribution in [2.24, 2.45) is 0 Å². The second kappa shape index (κ2) is 4.77. The quantitative estimate of drug-likeness (QED) is 0.911. The molecule has 1 saturated carbocycles. The molecule has 0 unspecified atom stereocenters. The lowest BCUT2D eigenvalue weighted by atomic mass is 10.2. The predicted molar refractivity (Wildman–Crippen MR) is 72.4 cm³/mol. The van der Waals surface area contributed by atoms with E-state index < -0.39 is 0 Å². The highest BCUT2D eigenvalue weighted by Gasteiger charge is 2.20. The molecule has 0 radical (unpaired) electrons. The average Bonchev–Trinajstić information content (AvgIpc) is 3.06. The molecule has 1 N–H and O–H groups in total. The monoisotopic (exact) mass is 264 g/mol. The van der Waals surface area contributed by atoms with Crippen LogP contribution < -0.4 is 5.32 Å². The van der Waals surface area contributed by atoms with Gasteiger partial charge in [0.05, 0.1) is 0 Å². The Balaban J connectivity index is 1.72. The van der Waals surface area contributed by atoms with Crippen LogP contribution in [0.15, 0.2) is 30.5 Å². The molecule has 1 aromatic carbocycles. The molecule has 0 atom stereocenters. The van der Waals surface area contributed by atoms with E-state index in [2.05, 4.69) is 10.3 Å². The molecule has 2 aromatic rings. The third kappa shape index (κ3) is 2.86. The molecule has 1 aromatic heterocycles. The Morgan fingerprint density at radius 3 is 2.76 bits per heavy atom. The maximum atomic E-state index is 5.87. The topological polar surface area (TPSA) is 24.9 Å². The molecule has 1 heterocycles. The molecule has 1 aliphatic rings. The van der Waals surface area contributed by atoms with Crippen molar-refractivity contribution < 1.29 is 0 Å². The second-order valence-corrected chi connectivity index (χ2v) is 5.85. The molecular weight excluding hydrogens is 252 g/mol. The van der Waals surface area contributed by atoms with Crippen LogP contribution in [0.2, 0.25) is 5.02 Å². The second-order valence-electron chi connectivity index (χ2n) is 4.29. The summed E-state index contributed by atoms with van der Waals surface area (Å²) < 4.78 is 0. The molecule has 17 heavy (non-hydrogen) atoms. The van der Waals surface area contributed by atoms with Crippen molar-refractivity contribution in [1.29, 1.82) is 0 Å². The minimum atomic E-state index is 0.746. The Morgan fingerprint density at radius 2 is 2.06 bits per heavy atom. The molecule has 88 valence electrons. The zero-order valence-electron chi connectivity index (χ0n) is 9.32. The fraction of sp³-hybridized carbons (Fsp3) is 0.308. The van der Waals surface area contributed by atoms with Crippen LogP contribution in [0.1, 0.15) is 17.7 Å². The van der Waals surface area contributed by atoms with Crippen LogP contribution in [0.3, 0.4) is 0 Å². The molecular formula is C13H13ClN2S. The van der Waals surface area contributed by atoms with E-state index in [1.165, 1.54) is 17.7 Å². The Morgan fingerprint density at radius 1 is 1.29 bits per heavy atom. The first-order valence-electron chi connectivity index (χ1n) is 5.75. The van der Waals surface area contributed by atoms with Gasteiger partial charge >= 0.3 is 0 Å². The van der Waals surface area contributed by atoms with E-state index >= 15 is 0 Å². The smallest absolute Gasteiger partial charge is 0.123 e. The summed E-state index contributed by atoms with van der Waals surface area (Å²) in [4.78, 5) is 5.74. The maximum Gasteiger partial charge on any atom is 0.123 e. The van der Waals surface area contributed by atoms with Crippen molar-refractivity contribution >= 4 is 22.9 Å². The number of thiazole rings is 1. The largest absolute Gasteiger partial charge is 0.309 e. The van der Waals surface area contributed by atoms with Gasteiger partial charge in [-0.1, -0.05) is 23.7 Å². The van der Waals surface area contributed by atoms with E-state index in [-0.39, 0.29) is 0 Å². The van der Waals surface area contributed by atoms with Crippen molar-refractivity contribution in [2.45, 2.75) is 25.4 Å². The number of halogens is 1. The molecule has 2 nitrogen and oxygen atoms in total. The Hall–Kier alpha value is -0.900. The number of hydrogen-bond donors (Lipinski definition) is 1. The van der Waals surface area contributed by atoms with Gasteiger partial charge in [-0.05, 0) is 25.0 Å². The molecule has 0 bridgehead atoms. The van der Waals surface area contributed by atoms with Crippen molar-refractivity contribution in [3.05, 3.63) is 40.4 Å². The Kier molecular flexibility index (Phi) is 3.14. The fourth-order valence-corrected chi connectivity index (χ4v) is 2.64. The normalized spacial score (nSPS) is 15.1. The summed E-state index contributed by atoms with van der Waals surface area (Å²) >= 11 is 7.61. The summed E-state index contributed by atoms with van der Waals surface area (Å²) in [5, 5.41) is 5.32. The van der Waals surface area contributed by atoms with Gasteiger partial charge in [-0.25, -0.2) is 4.98 Å². The van der Waals surface area contributed by atoms with E-state index in [4.69, 9.17) is 11.6 Å². The van der Waals surface area contributed by atoms with Gasteiger partial charge in [-0.2, -0.15) is 0 Å². The first kappa shape index (κ1) is 11.2. The standard InChI is InChI=1S/C13H13ClN2S/c14-10-3-1-9(2-4-10)13-16-8-12(17-13)7-15-11-5-6-11/h1-4,8,11,15H,5-7H2. The van der Waals surface area contributed by atoms with Gasteiger partial charge in [-0.3, -0.25) is 0 Å². The minimum Gasteiger partial charge on any atom is -0.309 e. The maximum absolute atomic E-state index is 5.87. The molecule has 0 aliphatic heterocycles. The van der Waals surface area contributed by atoms with Gasteiger partial charge in [0, 0.05) is 34.2 Å². The van der Waals surface area contributed by atoms with Gasteiger partial charge in [0.25, 0.3) is 0 Å². The summed E-state index contributed by atoms with van der Waals surface area (Å²) in [5.41, 5.74) is 1.14. The summed E-state index contributed by atoms with van der Waals surface area (Å²) in [6.07, 6.45) is 4.61. The lowest BCUT2D eigenvalue weighted by Crippen LogP contribution is -2.14. The Bertz CT molecular complexity index is 502. The Labute approximate surface area is 110 Å². The van der Waals surface area contributed by atoms with E-state index in [1.54, 1.807) is 11.3 Å². The number of rotatable bonds is 4. The summed E-state index contributed by atoms with van der Waals surface area (Å²) in [6.45, 7) is 0.940. The van der Waals surface area contributed by atoms with Crippen molar-refractivity contribution in [3.63, 3.8) is 0 Å².